The highest BCUT2D eigenvalue weighted by atomic mass is 16.5. The molecule has 4 nitrogen and oxygen atoms in total. The first kappa shape index (κ1) is 15.8. The van der Waals surface area contributed by atoms with Gasteiger partial charge in [0.2, 0.25) is 5.91 Å². The summed E-state index contributed by atoms with van der Waals surface area (Å²) in [4.78, 5) is 12.1. The third kappa shape index (κ3) is 4.74. The number of nitrogens with one attached hydrogen (secondary N) is 1. The molecule has 0 spiro atoms. The minimum atomic E-state index is 0.0347. The van der Waals surface area contributed by atoms with Gasteiger partial charge in [-0.25, -0.2) is 0 Å². The van der Waals surface area contributed by atoms with E-state index in [-0.39, 0.29) is 24.0 Å². The zero-order valence-electron chi connectivity index (χ0n) is 13.0. The summed E-state index contributed by atoms with van der Waals surface area (Å²) < 4.78 is 5.82. The Morgan fingerprint density at radius 1 is 1.38 bits per heavy atom. The fourth-order valence-electron chi connectivity index (χ4n) is 2.63. The predicted octanol–water partition coefficient (Wildman–Crippen LogP) is 2.26. The van der Waals surface area contributed by atoms with Gasteiger partial charge in [-0.1, -0.05) is 31.5 Å². The van der Waals surface area contributed by atoms with E-state index in [9.17, 15) is 4.79 Å². The van der Waals surface area contributed by atoms with Gasteiger partial charge in [-0.05, 0) is 31.4 Å². The summed E-state index contributed by atoms with van der Waals surface area (Å²) in [5, 5.41) is 3.00. The number of hydrogen-bond donors (Lipinski definition) is 2. The van der Waals surface area contributed by atoms with Gasteiger partial charge in [0.05, 0.1) is 6.54 Å². The fraction of sp³-hybridized carbons (Fsp3) is 0.588. The maximum Gasteiger partial charge on any atom is 0.222 e. The van der Waals surface area contributed by atoms with Gasteiger partial charge in [-0.2, -0.15) is 0 Å². The minimum Gasteiger partial charge on any atom is -0.488 e. The molecule has 21 heavy (non-hydrogen) atoms. The van der Waals surface area contributed by atoms with Gasteiger partial charge in [0, 0.05) is 18.4 Å². The van der Waals surface area contributed by atoms with E-state index in [0.29, 0.717) is 6.54 Å². The van der Waals surface area contributed by atoms with Gasteiger partial charge in [0.25, 0.3) is 0 Å². The summed E-state index contributed by atoms with van der Waals surface area (Å²) in [6.07, 6.45) is 3.79. The Hall–Kier alpha value is -1.55. The van der Waals surface area contributed by atoms with Crippen LogP contribution in [0.5, 0.6) is 5.75 Å². The molecule has 0 fully saturated rings. The van der Waals surface area contributed by atoms with Crippen LogP contribution in [0.2, 0.25) is 0 Å². The van der Waals surface area contributed by atoms with Crippen molar-refractivity contribution in [3.05, 3.63) is 29.8 Å². The van der Waals surface area contributed by atoms with Crippen molar-refractivity contribution in [2.75, 3.05) is 6.54 Å². The molecule has 0 saturated carbocycles. The van der Waals surface area contributed by atoms with Gasteiger partial charge in [0.15, 0.2) is 0 Å². The van der Waals surface area contributed by atoms with Crippen LogP contribution in [0.1, 0.15) is 38.7 Å². The lowest BCUT2D eigenvalue weighted by Crippen LogP contribution is -2.37. The van der Waals surface area contributed by atoms with E-state index in [1.165, 1.54) is 5.56 Å². The Labute approximate surface area is 127 Å². The monoisotopic (exact) mass is 290 g/mol. The Balaban J connectivity index is 1.68. The predicted molar refractivity (Wildman–Crippen MR) is 84.2 cm³/mol. The number of amides is 1. The highest BCUT2D eigenvalue weighted by Gasteiger charge is 2.23. The van der Waals surface area contributed by atoms with Crippen LogP contribution in [-0.2, 0) is 11.2 Å². The van der Waals surface area contributed by atoms with E-state index in [4.69, 9.17) is 10.5 Å². The molecule has 1 aliphatic rings. The average Bonchev–Trinajstić information content (AvgIpc) is 2.87. The molecule has 0 bridgehead atoms. The Kier molecular flexibility index (Phi) is 5.62. The molecule has 1 aromatic rings. The number of para-hydroxylation sites is 1. The molecule has 2 rings (SSSR count). The molecule has 1 amide bonds. The van der Waals surface area contributed by atoms with Crippen molar-refractivity contribution in [2.45, 2.75) is 51.7 Å². The average molecular weight is 290 g/mol. The van der Waals surface area contributed by atoms with Crippen LogP contribution >= 0.6 is 0 Å². The van der Waals surface area contributed by atoms with Gasteiger partial charge in [-0.3, -0.25) is 4.79 Å². The molecular weight excluding hydrogens is 264 g/mol. The number of hydrogen-bond acceptors (Lipinski definition) is 3. The number of nitrogens with two attached hydrogens (primary N) is 1. The van der Waals surface area contributed by atoms with Crippen LogP contribution in [0.15, 0.2) is 24.3 Å². The summed E-state index contributed by atoms with van der Waals surface area (Å²) in [7, 11) is 0. The van der Waals surface area contributed by atoms with Gasteiger partial charge < -0.3 is 15.8 Å². The number of fused-ring (bicyclic) bond motifs is 1. The second-order valence-electron chi connectivity index (χ2n) is 6.11. The van der Waals surface area contributed by atoms with Crippen LogP contribution in [-0.4, -0.2) is 24.6 Å². The van der Waals surface area contributed by atoms with Crippen LogP contribution < -0.4 is 15.8 Å². The number of carbonyl (C=O) groups is 1. The molecule has 0 aliphatic carbocycles. The third-order valence-electron chi connectivity index (χ3n) is 3.96. The first-order chi connectivity index (χ1) is 10.1. The van der Waals surface area contributed by atoms with E-state index in [0.717, 1.165) is 31.4 Å². The standard InChI is InChI=1S/C17H26N2O2/c1-12(6-5-7-13(2)18)17(20)19-11-15-10-14-8-3-4-9-16(14)21-15/h3-4,8-9,12-13,15H,5-7,10-11,18H2,1-2H3,(H,19,20). The molecule has 1 heterocycles. The Bertz CT molecular complexity index is 449. The first-order valence-corrected chi connectivity index (χ1v) is 7.84. The number of rotatable bonds is 7. The molecular formula is C17H26N2O2. The highest BCUT2D eigenvalue weighted by molar-refractivity contribution is 5.78. The van der Waals surface area contributed by atoms with Crippen LogP contribution in [0, 0.1) is 5.92 Å². The molecule has 1 aromatic carbocycles. The van der Waals surface area contributed by atoms with Crippen molar-refractivity contribution in [3.63, 3.8) is 0 Å². The van der Waals surface area contributed by atoms with E-state index >= 15 is 0 Å². The van der Waals surface area contributed by atoms with Crippen molar-refractivity contribution < 1.29 is 9.53 Å². The zero-order chi connectivity index (χ0) is 15.2. The lowest BCUT2D eigenvalue weighted by Gasteiger charge is -2.15. The van der Waals surface area contributed by atoms with E-state index in [1.807, 2.05) is 32.0 Å². The number of carbonyl (C=O) groups excluding carboxylic acids is 1. The summed E-state index contributed by atoms with van der Waals surface area (Å²) in [6.45, 7) is 4.55. The van der Waals surface area contributed by atoms with Crippen LogP contribution in [0.4, 0.5) is 0 Å². The summed E-state index contributed by atoms with van der Waals surface area (Å²) >= 11 is 0. The Morgan fingerprint density at radius 3 is 2.86 bits per heavy atom. The number of ether oxygens (including phenoxy) is 1. The van der Waals surface area contributed by atoms with Crippen LogP contribution in [0.25, 0.3) is 0 Å². The summed E-state index contributed by atoms with van der Waals surface area (Å²) in [5.74, 6) is 1.09. The maximum absolute atomic E-state index is 12.1. The largest absolute Gasteiger partial charge is 0.488 e. The summed E-state index contributed by atoms with van der Waals surface area (Å²) in [6, 6.07) is 8.26. The molecule has 3 unspecified atom stereocenters. The molecule has 3 N–H and O–H groups in total. The van der Waals surface area contributed by atoms with Crippen molar-refractivity contribution in [2.24, 2.45) is 11.7 Å². The summed E-state index contributed by atoms with van der Waals surface area (Å²) in [5.41, 5.74) is 6.94. The second kappa shape index (κ2) is 7.46. The first-order valence-electron chi connectivity index (χ1n) is 7.84. The van der Waals surface area contributed by atoms with Crippen molar-refractivity contribution >= 4 is 5.91 Å². The highest BCUT2D eigenvalue weighted by Crippen LogP contribution is 2.27. The molecule has 1 aliphatic heterocycles. The Morgan fingerprint density at radius 2 is 2.14 bits per heavy atom. The molecule has 0 saturated heterocycles. The smallest absolute Gasteiger partial charge is 0.222 e. The third-order valence-corrected chi connectivity index (χ3v) is 3.96. The zero-order valence-corrected chi connectivity index (χ0v) is 13.0. The quantitative estimate of drug-likeness (QED) is 0.809. The van der Waals surface area contributed by atoms with Gasteiger partial charge >= 0.3 is 0 Å². The lowest BCUT2D eigenvalue weighted by molar-refractivity contribution is -0.125. The normalized spacial score (nSPS) is 19.5. The minimum absolute atomic E-state index is 0.0347. The van der Waals surface area contributed by atoms with E-state index in [1.54, 1.807) is 0 Å². The maximum atomic E-state index is 12.1. The lowest BCUT2D eigenvalue weighted by atomic mass is 10.0. The topological polar surface area (TPSA) is 64.4 Å². The second-order valence-corrected chi connectivity index (χ2v) is 6.11. The van der Waals surface area contributed by atoms with Gasteiger partial charge in [-0.15, -0.1) is 0 Å². The fourth-order valence-corrected chi connectivity index (χ4v) is 2.63. The van der Waals surface area contributed by atoms with Crippen LogP contribution in [0.3, 0.4) is 0 Å². The SMILES string of the molecule is CC(N)CCCC(C)C(=O)NCC1Cc2ccccc2O1. The van der Waals surface area contributed by atoms with E-state index < -0.39 is 0 Å². The van der Waals surface area contributed by atoms with E-state index in [2.05, 4.69) is 11.4 Å². The van der Waals surface area contributed by atoms with Crippen molar-refractivity contribution in [3.8, 4) is 5.75 Å². The molecule has 3 atom stereocenters. The molecule has 0 radical (unpaired) electrons. The van der Waals surface area contributed by atoms with Gasteiger partial charge in [0.1, 0.15) is 11.9 Å². The van der Waals surface area contributed by atoms with Crippen molar-refractivity contribution in [1.29, 1.82) is 0 Å². The molecule has 116 valence electrons. The molecule has 0 aromatic heterocycles. The molecule has 4 heteroatoms. The number of benzene rings is 1. The van der Waals surface area contributed by atoms with Crippen molar-refractivity contribution in [1.82, 2.24) is 5.32 Å².